The van der Waals surface area contributed by atoms with Crippen LogP contribution in [0.15, 0.2) is 24.4 Å². The first-order chi connectivity index (χ1) is 16.0. The quantitative estimate of drug-likeness (QED) is 0.400. The molecule has 1 amide bonds. The number of hydrogen-bond acceptors (Lipinski definition) is 8. The summed E-state index contributed by atoms with van der Waals surface area (Å²) in [5, 5.41) is 7.89. The van der Waals surface area contributed by atoms with E-state index in [1.165, 1.54) is 0 Å². The van der Waals surface area contributed by atoms with Crippen LogP contribution in [0.4, 0.5) is 11.8 Å². The summed E-state index contributed by atoms with van der Waals surface area (Å²) in [6.45, 7) is 4.28. The van der Waals surface area contributed by atoms with Crippen molar-refractivity contribution in [1.29, 1.82) is 0 Å². The Kier molecular flexibility index (Phi) is 8.42. The first-order valence-corrected chi connectivity index (χ1v) is 11.1. The predicted octanol–water partition coefficient (Wildman–Crippen LogP) is 2.67. The number of nitrogens with zero attached hydrogens (tertiary/aromatic N) is 5. The molecular weight excluding hydrogens is 422 g/mol. The Bertz CT molecular complexity index is 1080. The van der Waals surface area contributed by atoms with Crippen LogP contribution in [0.1, 0.15) is 37.3 Å². The molecular formula is C23H33N7O3. The molecule has 0 saturated heterocycles. The molecule has 0 saturated carbocycles. The summed E-state index contributed by atoms with van der Waals surface area (Å²) in [4.78, 5) is 22.7. The molecule has 3 N–H and O–H groups in total. The number of hydrogen-bond donors (Lipinski definition) is 2. The van der Waals surface area contributed by atoms with E-state index in [9.17, 15) is 4.79 Å². The number of nitrogens with one attached hydrogen (secondary N) is 1. The summed E-state index contributed by atoms with van der Waals surface area (Å²) in [5.41, 5.74) is 9.31. The summed E-state index contributed by atoms with van der Waals surface area (Å²) in [6.07, 6.45) is 4.14. The van der Waals surface area contributed by atoms with Crippen LogP contribution in [0.2, 0.25) is 0 Å². The second kappa shape index (κ2) is 11.5. The van der Waals surface area contributed by atoms with Gasteiger partial charge in [0.15, 0.2) is 5.82 Å². The van der Waals surface area contributed by atoms with Gasteiger partial charge in [-0.3, -0.25) is 9.48 Å². The zero-order valence-corrected chi connectivity index (χ0v) is 19.8. The van der Waals surface area contributed by atoms with E-state index in [2.05, 4.69) is 27.3 Å². The van der Waals surface area contributed by atoms with Crippen molar-refractivity contribution >= 4 is 28.7 Å². The number of carbonyl (C=O) groups excluding carboxylic acids is 1. The van der Waals surface area contributed by atoms with Crippen LogP contribution in [-0.4, -0.2) is 65.0 Å². The second-order valence-electron chi connectivity index (χ2n) is 7.89. The molecule has 10 nitrogen and oxygen atoms in total. The standard InChI is InChI=1S/C23H33N7O3/c1-5-6-10-25-22-21-18(27-23(24)28-22)13-26-30(21)15-17-12-16(7-8-19(17)33-4)14-29(2)20(31)9-11-32-3/h7-8,12-13H,5-6,9-11,14-15H2,1-4H3,(H3,24,25,27,28). The highest BCUT2D eigenvalue weighted by atomic mass is 16.5. The number of anilines is 2. The van der Waals surface area contributed by atoms with E-state index in [0.717, 1.165) is 41.8 Å². The van der Waals surface area contributed by atoms with E-state index in [4.69, 9.17) is 15.2 Å². The minimum absolute atomic E-state index is 0.0322. The van der Waals surface area contributed by atoms with Crippen LogP contribution < -0.4 is 15.8 Å². The first kappa shape index (κ1) is 24.2. The molecule has 1 aromatic carbocycles. The van der Waals surface area contributed by atoms with Crippen molar-refractivity contribution in [3.05, 3.63) is 35.5 Å². The Morgan fingerprint density at radius 2 is 2.09 bits per heavy atom. The molecule has 2 aromatic heterocycles. The van der Waals surface area contributed by atoms with E-state index in [0.29, 0.717) is 37.5 Å². The summed E-state index contributed by atoms with van der Waals surface area (Å²) in [6, 6.07) is 5.92. The maximum absolute atomic E-state index is 12.3. The van der Waals surface area contributed by atoms with Crippen molar-refractivity contribution in [2.75, 3.05) is 45.5 Å². The zero-order chi connectivity index (χ0) is 23.8. The third kappa shape index (κ3) is 6.10. The van der Waals surface area contributed by atoms with Crippen LogP contribution in [0, 0.1) is 0 Å². The topological polar surface area (TPSA) is 120 Å². The van der Waals surface area contributed by atoms with Gasteiger partial charge in [0.05, 0.1) is 32.9 Å². The van der Waals surface area contributed by atoms with Crippen molar-refractivity contribution in [2.24, 2.45) is 0 Å². The average molecular weight is 456 g/mol. The molecule has 33 heavy (non-hydrogen) atoms. The number of methoxy groups -OCH3 is 2. The van der Waals surface area contributed by atoms with Gasteiger partial charge in [0.1, 0.15) is 16.8 Å². The van der Waals surface area contributed by atoms with Gasteiger partial charge in [-0.25, -0.2) is 4.98 Å². The summed E-state index contributed by atoms with van der Waals surface area (Å²) in [5.74, 6) is 1.65. The molecule has 2 heterocycles. The maximum atomic E-state index is 12.3. The van der Waals surface area contributed by atoms with E-state index >= 15 is 0 Å². The van der Waals surface area contributed by atoms with Crippen molar-refractivity contribution in [3.8, 4) is 5.75 Å². The van der Waals surface area contributed by atoms with Gasteiger partial charge in [-0.05, 0) is 24.1 Å². The highest BCUT2D eigenvalue weighted by Crippen LogP contribution is 2.26. The molecule has 178 valence electrons. The lowest BCUT2D eigenvalue weighted by molar-refractivity contribution is -0.131. The fourth-order valence-electron chi connectivity index (χ4n) is 3.60. The van der Waals surface area contributed by atoms with E-state index in [-0.39, 0.29) is 11.9 Å². The van der Waals surface area contributed by atoms with Crippen LogP contribution in [0.5, 0.6) is 5.75 Å². The van der Waals surface area contributed by atoms with Crippen LogP contribution in [-0.2, 0) is 22.6 Å². The number of carbonyl (C=O) groups is 1. The van der Waals surface area contributed by atoms with Crippen LogP contribution in [0.25, 0.3) is 11.0 Å². The molecule has 0 spiro atoms. The molecule has 0 aliphatic carbocycles. The molecule has 0 unspecified atom stereocenters. The van der Waals surface area contributed by atoms with E-state index in [1.807, 2.05) is 22.9 Å². The third-order valence-corrected chi connectivity index (χ3v) is 5.36. The lowest BCUT2D eigenvalue weighted by atomic mass is 10.1. The smallest absolute Gasteiger partial charge is 0.224 e. The molecule has 3 rings (SSSR count). The van der Waals surface area contributed by atoms with E-state index < -0.39 is 0 Å². The van der Waals surface area contributed by atoms with Gasteiger partial charge in [-0.1, -0.05) is 19.4 Å². The van der Waals surface area contributed by atoms with Gasteiger partial charge in [0, 0.05) is 32.8 Å². The lowest BCUT2D eigenvalue weighted by Crippen LogP contribution is -2.27. The summed E-state index contributed by atoms with van der Waals surface area (Å²) >= 11 is 0. The lowest BCUT2D eigenvalue weighted by Gasteiger charge is -2.19. The monoisotopic (exact) mass is 455 g/mol. The number of aromatic nitrogens is 4. The summed E-state index contributed by atoms with van der Waals surface area (Å²) < 4.78 is 12.4. The number of nitrogens with two attached hydrogens (primary N) is 1. The molecule has 0 bridgehead atoms. The number of amides is 1. The largest absolute Gasteiger partial charge is 0.496 e. The Labute approximate surface area is 194 Å². The van der Waals surface area contributed by atoms with Gasteiger partial charge in [0.2, 0.25) is 11.9 Å². The molecule has 3 aromatic rings. The Balaban J connectivity index is 1.87. The molecule has 0 radical (unpaired) electrons. The maximum Gasteiger partial charge on any atom is 0.224 e. The van der Waals surface area contributed by atoms with Gasteiger partial charge >= 0.3 is 0 Å². The van der Waals surface area contributed by atoms with Crippen molar-refractivity contribution in [3.63, 3.8) is 0 Å². The normalized spacial score (nSPS) is 11.0. The number of rotatable bonds is 12. The number of unbranched alkanes of at least 4 members (excludes halogenated alkanes) is 1. The Morgan fingerprint density at radius 1 is 1.27 bits per heavy atom. The fourth-order valence-corrected chi connectivity index (χ4v) is 3.60. The molecule has 10 heteroatoms. The number of fused-ring (bicyclic) bond motifs is 1. The minimum Gasteiger partial charge on any atom is -0.496 e. The number of benzene rings is 1. The molecule has 0 aliphatic rings. The van der Waals surface area contributed by atoms with Gasteiger partial charge in [-0.2, -0.15) is 10.1 Å². The second-order valence-corrected chi connectivity index (χ2v) is 7.89. The van der Waals surface area contributed by atoms with Crippen LogP contribution >= 0.6 is 0 Å². The summed E-state index contributed by atoms with van der Waals surface area (Å²) in [7, 11) is 5.02. The van der Waals surface area contributed by atoms with Gasteiger partial charge < -0.3 is 25.4 Å². The van der Waals surface area contributed by atoms with Gasteiger partial charge in [0.25, 0.3) is 0 Å². The van der Waals surface area contributed by atoms with Crippen molar-refractivity contribution < 1.29 is 14.3 Å². The van der Waals surface area contributed by atoms with Crippen molar-refractivity contribution in [1.82, 2.24) is 24.6 Å². The Hall–Kier alpha value is -3.40. The zero-order valence-electron chi connectivity index (χ0n) is 19.8. The molecule has 0 aliphatic heterocycles. The molecule has 0 fully saturated rings. The minimum atomic E-state index is 0.0322. The number of ether oxygens (including phenoxy) is 2. The number of nitrogen functional groups attached to an aromatic ring is 1. The van der Waals surface area contributed by atoms with E-state index in [1.54, 1.807) is 32.4 Å². The average Bonchev–Trinajstić information content (AvgIpc) is 3.20. The SMILES string of the molecule is CCCCNc1nc(N)nc2cnn(Cc3cc(CN(C)C(=O)CCOC)ccc3OC)c12. The van der Waals surface area contributed by atoms with Gasteiger partial charge in [-0.15, -0.1) is 0 Å². The van der Waals surface area contributed by atoms with Crippen LogP contribution in [0.3, 0.4) is 0 Å². The molecule has 0 atom stereocenters. The predicted molar refractivity (Wildman–Crippen MR) is 128 cm³/mol. The highest BCUT2D eigenvalue weighted by Gasteiger charge is 2.16. The highest BCUT2D eigenvalue weighted by molar-refractivity contribution is 5.86. The first-order valence-electron chi connectivity index (χ1n) is 11.1. The Morgan fingerprint density at radius 3 is 2.82 bits per heavy atom. The third-order valence-electron chi connectivity index (χ3n) is 5.36. The fraction of sp³-hybridized carbons (Fsp3) is 0.478. The van der Waals surface area contributed by atoms with Crippen molar-refractivity contribution in [2.45, 2.75) is 39.3 Å².